The molecule has 0 fully saturated rings. The van der Waals surface area contributed by atoms with Crippen LogP contribution in [0.15, 0.2) is 24.3 Å². The zero-order valence-corrected chi connectivity index (χ0v) is 14.4. The fraction of sp³-hybridized carbons (Fsp3) is 0.444. The Morgan fingerprint density at radius 2 is 1.96 bits per heavy atom. The molecule has 0 saturated carbocycles. The van der Waals surface area contributed by atoms with Crippen molar-refractivity contribution in [2.45, 2.75) is 39.2 Å². The van der Waals surface area contributed by atoms with Crippen molar-refractivity contribution in [2.75, 3.05) is 14.2 Å². The minimum absolute atomic E-state index is 0.0658. The van der Waals surface area contributed by atoms with Crippen LogP contribution in [-0.4, -0.2) is 40.1 Å². The molecule has 1 amide bonds. The summed E-state index contributed by atoms with van der Waals surface area (Å²) in [7, 11) is 3.41. The maximum absolute atomic E-state index is 12.9. The van der Waals surface area contributed by atoms with Gasteiger partial charge in [-0.25, -0.2) is 0 Å². The van der Waals surface area contributed by atoms with Crippen LogP contribution in [-0.2, 0) is 12.8 Å². The minimum atomic E-state index is -0.257. The van der Waals surface area contributed by atoms with E-state index in [4.69, 9.17) is 4.74 Å². The predicted molar refractivity (Wildman–Crippen MR) is 89.4 cm³/mol. The second kappa shape index (κ2) is 5.41. The Morgan fingerprint density at radius 1 is 1.26 bits per heavy atom. The Balaban J connectivity index is 2.14. The van der Waals surface area contributed by atoms with E-state index < -0.39 is 0 Å². The summed E-state index contributed by atoms with van der Waals surface area (Å²) >= 11 is 0. The predicted octanol–water partition coefficient (Wildman–Crippen LogP) is 2.85. The van der Waals surface area contributed by atoms with Crippen molar-refractivity contribution in [1.82, 2.24) is 14.5 Å². The van der Waals surface area contributed by atoms with Gasteiger partial charge in [0.1, 0.15) is 0 Å². The molecular formula is C18H23N3O2. The first kappa shape index (κ1) is 15.6. The number of nitrogens with zero attached hydrogens (tertiary/aromatic N) is 3. The maximum Gasteiger partial charge on any atom is 0.301 e. The van der Waals surface area contributed by atoms with Crippen LogP contribution in [0.2, 0.25) is 0 Å². The van der Waals surface area contributed by atoms with E-state index in [0.29, 0.717) is 11.7 Å². The Bertz CT molecular complexity index is 756. The summed E-state index contributed by atoms with van der Waals surface area (Å²) in [4.78, 5) is 19.1. The average Bonchev–Trinajstić information content (AvgIpc) is 2.91. The van der Waals surface area contributed by atoms with E-state index in [0.717, 1.165) is 24.2 Å². The molecule has 23 heavy (non-hydrogen) atoms. The number of carbonyl (C=O) groups excluding carboxylic acids is 1. The smallest absolute Gasteiger partial charge is 0.301 e. The van der Waals surface area contributed by atoms with E-state index in [2.05, 4.69) is 11.1 Å². The van der Waals surface area contributed by atoms with Crippen LogP contribution in [0.5, 0.6) is 6.01 Å². The molecule has 2 heterocycles. The quantitative estimate of drug-likeness (QED) is 0.856. The molecule has 0 bridgehead atoms. The van der Waals surface area contributed by atoms with Gasteiger partial charge in [0.05, 0.1) is 18.5 Å². The second-order valence-corrected chi connectivity index (χ2v) is 6.89. The highest BCUT2D eigenvalue weighted by Crippen LogP contribution is 2.32. The van der Waals surface area contributed by atoms with Gasteiger partial charge in [-0.3, -0.25) is 9.36 Å². The van der Waals surface area contributed by atoms with Crippen molar-refractivity contribution in [3.63, 3.8) is 0 Å². The topological polar surface area (TPSA) is 47.4 Å². The van der Waals surface area contributed by atoms with Crippen LogP contribution in [0.25, 0.3) is 5.69 Å². The Morgan fingerprint density at radius 3 is 2.61 bits per heavy atom. The number of fused-ring (bicyclic) bond motifs is 3. The number of benzene rings is 1. The largest absolute Gasteiger partial charge is 0.468 e. The molecule has 5 heteroatoms. The highest BCUT2D eigenvalue weighted by Gasteiger charge is 2.32. The molecule has 0 atom stereocenters. The molecule has 1 aromatic carbocycles. The monoisotopic (exact) mass is 313 g/mol. The van der Waals surface area contributed by atoms with Crippen LogP contribution in [0.4, 0.5) is 0 Å². The van der Waals surface area contributed by atoms with Crippen LogP contribution >= 0.6 is 0 Å². The normalized spacial score (nSPS) is 13.3. The van der Waals surface area contributed by atoms with Crippen LogP contribution in [0.3, 0.4) is 0 Å². The molecule has 0 spiro atoms. The summed E-state index contributed by atoms with van der Waals surface area (Å²) in [5.74, 6) is -0.0658. The van der Waals surface area contributed by atoms with Gasteiger partial charge in [0.25, 0.3) is 5.91 Å². The minimum Gasteiger partial charge on any atom is -0.468 e. The van der Waals surface area contributed by atoms with Crippen LogP contribution in [0.1, 0.15) is 42.5 Å². The molecule has 2 aromatic rings. The van der Waals surface area contributed by atoms with Crippen molar-refractivity contribution in [3.8, 4) is 11.7 Å². The summed E-state index contributed by atoms with van der Waals surface area (Å²) in [6.07, 6.45) is 1.69. The number of rotatable bonds is 2. The van der Waals surface area contributed by atoms with Gasteiger partial charge in [-0.2, -0.15) is 4.98 Å². The second-order valence-electron chi connectivity index (χ2n) is 6.89. The third-order valence-corrected chi connectivity index (χ3v) is 4.50. The van der Waals surface area contributed by atoms with Crippen molar-refractivity contribution in [3.05, 3.63) is 41.2 Å². The summed E-state index contributed by atoms with van der Waals surface area (Å²) in [6, 6.07) is 8.66. The van der Waals surface area contributed by atoms with Gasteiger partial charge in [0.15, 0.2) is 5.69 Å². The van der Waals surface area contributed by atoms with Gasteiger partial charge < -0.3 is 9.64 Å². The number of para-hydroxylation sites is 1. The summed E-state index contributed by atoms with van der Waals surface area (Å²) in [6.45, 7) is 6.04. The number of aryl methyl sites for hydroxylation is 1. The zero-order valence-electron chi connectivity index (χ0n) is 14.4. The number of hydrogen-bond donors (Lipinski definition) is 0. The molecule has 1 aliphatic rings. The van der Waals surface area contributed by atoms with Gasteiger partial charge in [0, 0.05) is 12.6 Å². The average molecular weight is 313 g/mol. The Labute approximate surface area is 136 Å². The molecule has 122 valence electrons. The lowest BCUT2D eigenvalue weighted by atomic mass is 10.00. The van der Waals surface area contributed by atoms with Crippen molar-refractivity contribution in [1.29, 1.82) is 0 Å². The number of amides is 1. The molecule has 1 aromatic heterocycles. The highest BCUT2D eigenvalue weighted by molar-refractivity contribution is 5.94. The van der Waals surface area contributed by atoms with E-state index in [-0.39, 0.29) is 11.4 Å². The number of ether oxygens (including phenoxy) is 1. The standard InChI is InChI=1S/C18H23N3O2/c1-18(2,3)20(4)16(22)15-14-11-10-12-8-6-7-9-13(12)21(14)17(19-15)23-5/h6-9H,10-11H2,1-5H3. The third-order valence-electron chi connectivity index (χ3n) is 4.50. The van der Waals surface area contributed by atoms with Gasteiger partial charge in [-0.15, -0.1) is 0 Å². The number of imidazole rings is 1. The fourth-order valence-corrected chi connectivity index (χ4v) is 2.88. The first-order valence-electron chi connectivity index (χ1n) is 7.86. The summed E-state index contributed by atoms with van der Waals surface area (Å²) < 4.78 is 7.42. The molecule has 0 unspecified atom stereocenters. The van der Waals surface area contributed by atoms with Gasteiger partial charge in [-0.05, 0) is 45.2 Å². The summed E-state index contributed by atoms with van der Waals surface area (Å²) in [5, 5.41) is 0. The lowest BCUT2D eigenvalue weighted by molar-refractivity contribution is 0.0648. The van der Waals surface area contributed by atoms with Crippen LogP contribution in [0, 0.1) is 0 Å². The van der Waals surface area contributed by atoms with Crippen molar-refractivity contribution >= 4 is 5.91 Å². The Hall–Kier alpha value is -2.30. The molecular weight excluding hydrogens is 290 g/mol. The first-order valence-corrected chi connectivity index (χ1v) is 7.86. The Kier molecular flexibility index (Phi) is 3.66. The SMILES string of the molecule is COc1nc(C(=O)N(C)C(C)(C)C)c2n1-c1ccccc1CC2. The van der Waals surface area contributed by atoms with E-state index in [1.54, 1.807) is 12.0 Å². The highest BCUT2D eigenvalue weighted by atomic mass is 16.5. The number of hydrogen-bond acceptors (Lipinski definition) is 3. The molecule has 1 aliphatic heterocycles. The number of aromatic nitrogens is 2. The fourth-order valence-electron chi connectivity index (χ4n) is 2.88. The maximum atomic E-state index is 12.9. The van der Waals surface area contributed by atoms with Gasteiger partial charge in [-0.1, -0.05) is 18.2 Å². The zero-order chi connectivity index (χ0) is 16.8. The van der Waals surface area contributed by atoms with E-state index >= 15 is 0 Å². The lowest BCUT2D eigenvalue weighted by Crippen LogP contribution is -2.43. The van der Waals surface area contributed by atoms with E-state index in [9.17, 15) is 4.79 Å². The number of carbonyl (C=O) groups is 1. The lowest BCUT2D eigenvalue weighted by Gasteiger charge is -2.31. The van der Waals surface area contributed by atoms with E-state index in [1.165, 1.54) is 5.56 Å². The molecule has 0 saturated heterocycles. The van der Waals surface area contributed by atoms with Crippen LogP contribution < -0.4 is 4.74 Å². The molecule has 0 radical (unpaired) electrons. The molecule has 5 nitrogen and oxygen atoms in total. The molecule has 0 N–H and O–H groups in total. The van der Waals surface area contributed by atoms with Gasteiger partial charge in [0.2, 0.25) is 0 Å². The third kappa shape index (κ3) is 2.50. The van der Waals surface area contributed by atoms with Crippen molar-refractivity contribution < 1.29 is 9.53 Å². The van der Waals surface area contributed by atoms with E-state index in [1.807, 2.05) is 50.6 Å². The van der Waals surface area contributed by atoms with Gasteiger partial charge >= 0.3 is 6.01 Å². The molecule has 3 rings (SSSR count). The number of methoxy groups -OCH3 is 1. The molecule has 0 aliphatic carbocycles. The van der Waals surface area contributed by atoms with Crippen molar-refractivity contribution in [2.24, 2.45) is 0 Å². The first-order chi connectivity index (χ1) is 10.8. The summed E-state index contributed by atoms with van der Waals surface area (Å²) in [5.41, 5.74) is 3.47.